The lowest BCUT2D eigenvalue weighted by Crippen LogP contribution is -2.31. The largest absolute Gasteiger partial charge is 0.350 e. The minimum Gasteiger partial charge on any atom is -0.350 e. The summed E-state index contributed by atoms with van der Waals surface area (Å²) in [5.41, 5.74) is 0.263. The number of nitrogens with one attached hydrogen (secondary N) is 1. The molecule has 0 aliphatic rings. The predicted octanol–water partition coefficient (Wildman–Crippen LogP) is 4.20. The van der Waals surface area contributed by atoms with E-state index in [9.17, 15) is 17.6 Å². The summed E-state index contributed by atoms with van der Waals surface area (Å²) in [5, 5.41) is 5.33. The van der Waals surface area contributed by atoms with Crippen molar-refractivity contribution in [3.05, 3.63) is 74.4 Å². The Bertz CT molecular complexity index is 996. The minimum absolute atomic E-state index is 0.0418. The number of amides is 1. The van der Waals surface area contributed by atoms with Crippen molar-refractivity contribution in [1.82, 2.24) is 5.32 Å². The van der Waals surface area contributed by atoms with E-state index < -0.39 is 20.9 Å². The molecule has 3 aromatic rings. The lowest BCUT2D eigenvalue weighted by molar-refractivity contribution is 0.0958. The molecule has 0 spiro atoms. The van der Waals surface area contributed by atoms with Gasteiger partial charge in [-0.3, -0.25) is 4.79 Å². The predicted molar refractivity (Wildman–Crippen MR) is 102 cm³/mol. The standard InChI is InChI=1S/C18H16FNO3S3/c1-12-10-13(6-7-14(12)19)26(22,23)17(15-4-2-8-24-15)11-20-18(21)16-5-3-9-25-16/h2-10,17H,11H2,1H3,(H,20,21)/t17-/m1/s1. The molecule has 1 aromatic carbocycles. The number of benzene rings is 1. The fourth-order valence-corrected chi connectivity index (χ4v) is 5.98. The van der Waals surface area contributed by atoms with Crippen molar-refractivity contribution in [2.45, 2.75) is 17.1 Å². The molecule has 136 valence electrons. The Morgan fingerprint density at radius 1 is 1.15 bits per heavy atom. The van der Waals surface area contributed by atoms with Gasteiger partial charge >= 0.3 is 0 Å². The van der Waals surface area contributed by atoms with Crippen molar-refractivity contribution in [3.8, 4) is 0 Å². The average molecular weight is 410 g/mol. The summed E-state index contributed by atoms with van der Waals surface area (Å²) in [6.45, 7) is 1.46. The maximum atomic E-state index is 13.5. The van der Waals surface area contributed by atoms with Crippen LogP contribution in [0.2, 0.25) is 0 Å². The quantitative estimate of drug-likeness (QED) is 0.621. The van der Waals surface area contributed by atoms with Crippen molar-refractivity contribution in [2.24, 2.45) is 0 Å². The van der Waals surface area contributed by atoms with Crippen LogP contribution in [0, 0.1) is 12.7 Å². The van der Waals surface area contributed by atoms with Crippen molar-refractivity contribution in [1.29, 1.82) is 0 Å². The Balaban J connectivity index is 1.90. The first kappa shape index (κ1) is 18.8. The van der Waals surface area contributed by atoms with Gasteiger partial charge in [0.1, 0.15) is 11.1 Å². The molecule has 0 radical (unpaired) electrons. The first-order valence-corrected chi connectivity index (χ1v) is 11.1. The van der Waals surface area contributed by atoms with Crippen molar-refractivity contribution < 1.29 is 17.6 Å². The molecule has 0 saturated heterocycles. The molecule has 3 rings (SSSR count). The van der Waals surface area contributed by atoms with Crippen molar-refractivity contribution in [2.75, 3.05) is 6.54 Å². The van der Waals surface area contributed by atoms with Crippen LogP contribution < -0.4 is 5.32 Å². The summed E-state index contributed by atoms with van der Waals surface area (Å²) < 4.78 is 39.8. The minimum atomic E-state index is -3.80. The highest BCUT2D eigenvalue weighted by Gasteiger charge is 2.31. The number of sulfone groups is 1. The van der Waals surface area contributed by atoms with Crippen LogP contribution in [0.3, 0.4) is 0 Å². The van der Waals surface area contributed by atoms with Crippen LogP contribution in [0.5, 0.6) is 0 Å². The van der Waals surface area contributed by atoms with E-state index in [1.54, 1.807) is 35.0 Å². The van der Waals surface area contributed by atoms with E-state index in [0.29, 0.717) is 9.75 Å². The zero-order valence-electron chi connectivity index (χ0n) is 13.8. The summed E-state index contributed by atoms with van der Waals surface area (Å²) >= 11 is 2.59. The fraction of sp³-hybridized carbons (Fsp3) is 0.167. The number of carbonyl (C=O) groups is 1. The summed E-state index contributed by atoms with van der Waals surface area (Å²) in [4.78, 5) is 13.4. The van der Waals surface area contributed by atoms with Gasteiger partial charge in [0.05, 0.1) is 9.77 Å². The van der Waals surface area contributed by atoms with E-state index in [2.05, 4.69) is 5.32 Å². The molecule has 1 atom stereocenters. The third-order valence-corrected chi connectivity index (χ3v) is 7.97. The highest BCUT2D eigenvalue weighted by atomic mass is 32.2. The lowest BCUT2D eigenvalue weighted by Gasteiger charge is -2.17. The number of halogens is 1. The van der Waals surface area contributed by atoms with E-state index in [0.717, 1.165) is 6.07 Å². The zero-order chi connectivity index (χ0) is 18.7. The molecular formula is C18H16FNO3S3. The van der Waals surface area contributed by atoms with Gasteiger partial charge in [-0.2, -0.15) is 0 Å². The Hall–Kier alpha value is -2.03. The fourth-order valence-electron chi connectivity index (χ4n) is 2.48. The molecule has 8 heteroatoms. The summed E-state index contributed by atoms with van der Waals surface area (Å²) in [7, 11) is -3.80. The van der Waals surface area contributed by atoms with Crippen LogP contribution in [0.25, 0.3) is 0 Å². The Morgan fingerprint density at radius 2 is 1.88 bits per heavy atom. The third kappa shape index (κ3) is 3.87. The summed E-state index contributed by atoms with van der Waals surface area (Å²) in [6.07, 6.45) is 0. The number of hydrogen-bond donors (Lipinski definition) is 1. The molecule has 1 amide bonds. The molecule has 2 heterocycles. The normalized spacial score (nSPS) is 12.7. The highest BCUT2D eigenvalue weighted by molar-refractivity contribution is 7.91. The van der Waals surface area contributed by atoms with Gasteiger partial charge in [0.15, 0.2) is 9.84 Å². The van der Waals surface area contributed by atoms with E-state index in [1.807, 2.05) is 0 Å². The van der Waals surface area contributed by atoms with Gasteiger partial charge in [-0.05, 0) is 53.6 Å². The molecule has 0 aliphatic carbocycles. The maximum absolute atomic E-state index is 13.5. The van der Waals surface area contributed by atoms with Crippen molar-refractivity contribution in [3.63, 3.8) is 0 Å². The van der Waals surface area contributed by atoms with Gasteiger partial charge in [-0.15, -0.1) is 22.7 Å². The summed E-state index contributed by atoms with van der Waals surface area (Å²) in [5.74, 6) is -0.769. The number of thiophene rings is 2. The Kier molecular flexibility index (Phi) is 5.55. The molecule has 1 N–H and O–H groups in total. The highest BCUT2D eigenvalue weighted by Crippen LogP contribution is 2.32. The SMILES string of the molecule is Cc1cc(S(=O)(=O)[C@H](CNC(=O)c2cccs2)c2cccs2)ccc1F. The smallest absolute Gasteiger partial charge is 0.261 e. The van der Waals surface area contributed by atoms with Gasteiger partial charge in [0.2, 0.25) is 0 Å². The molecule has 0 unspecified atom stereocenters. The van der Waals surface area contributed by atoms with Crippen molar-refractivity contribution >= 4 is 38.4 Å². The van der Waals surface area contributed by atoms with Crippen LogP contribution in [0.15, 0.2) is 58.1 Å². The molecule has 0 saturated carbocycles. The first-order chi connectivity index (χ1) is 12.4. The number of hydrogen-bond acceptors (Lipinski definition) is 5. The number of rotatable bonds is 6. The second-order valence-corrected chi connectivity index (χ2v) is 9.70. The second kappa shape index (κ2) is 7.69. The molecule has 0 aliphatic heterocycles. The molecular weight excluding hydrogens is 393 g/mol. The summed E-state index contributed by atoms with van der Waals surface area (Å²) in [6, 6.07) is 10.7. The maximum Gasteiger partial charge on any atom is 0.261 e. The lowest BCUT2D eigenvalue weighted by atomic mass is 10.2. The van der Waals surface area contributed by atoms with Crippen LogP contribution in [-0.4, -0.2) is 20.9 Å². The van der Waals surface area contributed by atoms with Crippen LogP contribution in [0.1, 0.15) is 25.4 Å². The van der Waals surface area contributed by atoms with Gasteiger partial charge in [0, 0.05) is 11.4 Å². The first-order valence-electron chi connectivity index (χ1n) is 7.75. The number of aryl methyl sites for hydroxylation is 1. The van der Waals surface area contributed by atoms with E-state index in [4.69, 9.17) is 0 Å². The molecule has 26 heavy (non-hydrogen) atoms. The second-order valence-electron chi connectivity index (χ2n) is 5.65. The third-order valence-electron chi connectivity index (χ3n) is 3.89. The van der Waals surface area contributed by atoms with E-state index in [-0.39, 0.29) is 22.9 Å². The molecule has 4 nitrogen and oxygen atoms in total. The van der Waals surface area contributed by atoms with E-state index in [1.165, 1.54) is 41.7 Å². The molecule has 2 aromatic heterocycles. The van der Waals surface area contributed by atoms with Gasteiger partial charge in [0.25, 0.3) is 5.91 Å². The van der Waals surface area contributed by atoms with E-state index >= 15 is 0 Å². The molecule has 0 bridgehead atoms. The van der Waals surface area contributed by atoms with Gasteiger partial charge in [-0.1, -0.05) is 12.1 Å². The zero-order valence-corrected chi connectivity index (χ0v) is 16.3. The monoisotopic (exact) mass is 409 g/mol. The Labute approximate surface area is 159 Å². The average Bonchev–Trinajstić information content (AvgIpc) is 3.30. The van der Waals surface area contributed by atoms with Crippen LogP contribution >= 0.6 is 22.7 Å². The Morgan fingerprint density at radius 3 is 2.50 bits per heavy atom. The molecule has 0 fully saturated rings. The number of carbonyl (C=O) groups excluding carboxylic acids is 1. The van der Waals surface area contributed by atoms with Gasteiger partial charge in [-0.25, -0.2) is 12.8 Å². The topological polar surface area (TPSA) is 63.2 Å². The van der Waals surface area contributed by atoms with Crippen LogP contribution in [0.4, 0.5) is 4.39 Å². The van der Waals surface area contributed by atoms with Crippen LogP contribution in [-0.2, 0) is 9.84 Å². The van der Waals surface area contributed by atoms with Gasteiger partial charge < -0.3 is 5.32 Å².